The van der Waals surface area contributed by atoms with Gasteiger partial charge in [-0.1, -0.05) is 27.6 Å². The summed E-state index contributed by atoms with van der Waals surface area (Å²) in [6.07, 6.45) is 2.51. The second-order valence-electron chi connectivity index (χ2n) is 8.28. The molecule has 2 aliphatic heterocycles. The van der Waals surface area contributed by atoms with Gasteiger partial charge in [0, 0.05) is 43.6 Å². The fourth-order valence-electron chi connectivity index (χ4n) is 4.29. The van der Waals surface area contributed by atoms with Crippen LogP contribution >= 0.6 is 0 Å². The predicted octanol–water partition coefficient (Wildman–Crippen LogP) is 2.26. The molecule has 1 saturated heterocycles. The highest BCUT2D eigenvalue weighted by Crippen LogP contribution is 2.36. The van der Waals surface area contributed by atoms with E-state index in [1.807, 2.05) is 43.0 Å². The average molecular weight is 434 g/mol. The smallest absolute Gasteiger partial charge is 0.227 e. The molecule has 8 nitrogen and oxygen atoms in total. The highest BCUT2D eigenvalue weighted by atomic mass is 32.3. The van der Waals surface area contributed by atoms with Crippen molar-refractivity contribution in [1.29, 1.82) is 0 Å². The highest BCUT2D eigenvalue weighted by Gasteiger charge is 2.44. The maximum Gasteiger partial charge on any atom is 0.227 e. The summed E-state index contributed by atoms with van der Waals surface area (Å²) >= 11 is 0. The Balaban J connectivity index is 1.60. The summed E-state index contributed by atoms with van der Waals surface area (Å²) in [6, 6.07) is 7.74. The fourth-order valence-corrected chi connectivity index (χ4v) is 5.13. The molecule has 1 aromatic heterocycles. The van der Waals surface area contributed by atoms with E-state index in [1.54, 1.807) is 0 Å². The number of hydrogen-bond donors (Lipinski definition) is 0. The van der Waals surface area contributed by atoms with Crippen LogP contribution in [0, 0.1) is 13.8 Å². The van der Waals surface area contributed by atoms with Gasteiger partial charge in [0.05, 0.1) is 18.7 Å². The Morgan fingerprint density at radius 1 is 1.27 bits per heavy atom. The zero-order valence-corrected chi connectivity index (χ0v) is 18.4. The minimum absolute atomic E-state index is 0.0189. The maximum atomic E-state index is 13.3. The van der Waals surface area contributed by atoms with E-state index in [1.165, 1.54) is 10.6 Å². The number of nitrogens with zero attached hydrogens (tertiary/aromatic N) is 3. The van der Waals surface area contributed by atoms with Crippen molar-refractivity contribution in [3.8, 4) is 5.75 Å². The topological polar surface area (TPSA) is 98.9 Å². The molecule has 2 aliphatic rings. The molecule has 0 saturated carbocycles. The Hall–Kier alpha value is -2.23. The number of aryl methyl sites for hydroxylation is 2. The normalized spacial score (nSPS) is 20.9. The van der Waals surface area contributed by atoms with Crippen molar-refractivity contribution >= 4 is 16.3 Å². The number of para-hydroxylation sites is 1. The van der Waals surface area contributed by atoms with E-state index in [0.29, 0.717) is 44.8 Å². The molecule has 162 valence electrons. The molecule has 2 aromatic rings. The summed E-state index contributed by atoms with van der Waals surface area (Å²) < 4.78 is 37.0. The Bertz CT molecular complexity index is 971. The standard InChI is InChI=1S/C21H27N3O5S/c1-15-18(16(2)29-22-15)12-20(25)23-13-17-6-4-5-7-19(17)28-21(14-23)8-10-24(11-9-21)30(3,26)27/h4-7H,8-14H2,1-3H3. The van der Waals surface area contributed by atoms with E-state index < -0.39 is 16.0 Å². The van der Waals surface area contributed by atoms with Crippen molar-refractivity contribution in [3.63, 3.8) is 0 Å². The summed E-state index contributed by atoms with van der Waals surface area (Å²) in [7, 11) is -3.24. The van der Waals surface area contributed by atoms with E-state index in [-0.39, 0.29) is 12.3 Å². The van der Waals surface area contributed by atoms with Crippen molar-refractivity contribution in [3.05, 3.63) is 46.8 Å². The van der Waals surface area contributed by atoms with Gasteiger partial charge >= 0.3 is 0 Å². The molecule has 1 spiro atoms. The van der Waals surface area contributed by atoms with Gasteiger partial charge in [0.2, 0.25) is 5.91 Å². The van der Waals surface area contributed by atoms with Crippen molar-refractivity contribution in [2.75, 3.05) is 25.9 Å². The molecule has 0 aliphatic carbocycles. The fraction of sp³-hybridized carbons (Fsp3) is 0.524. The number of ether oxygens (including phenoxy) is 1. The molecule has 9 heteroatoms. The summed E-state index contributed by atoms with van der Waals surface area (Å²) in [5.41, 5.74) is 1.89. The van der Waals surface area contributed by atoms with Gasteiger partial charge < -0.3 is 18.7 Å². The number of amides is 1. The van der Waals surface area contributed by atoms with Gasteiger partial charge in [-0.15, -0.1) is 4.31 Å². The van der Waals surface area contributed by atoms with Gasteiger partial charge in [-0.25, -0.2) is 0 Å². The van der Waals surface area contributed by atoms with Crippen LogP contribution in [0.15, 0.2) is 28.8 Å². The molecule has 1 unspecified atom stereocenters. The van der Waals surface area contributed by atoms with E-state index in [2.05, 4.69) is 5.16 Å². The average Bonchev–Trinajstić information content (AvgIpc) is 2.91. The zero-order chi connectivity index (χ0) is 21.5. The summed E-state index contributed by atoms with van der Waals surface area (Å²) in [5, 5.41) is 3.95. The first kappa shape index (κ1) is 21.0. The summed E-state index contributed by atoms with van der Waals surface area (Å²) in [5.74, 6) is 1.40. The molecule has 4 rings (SSSR count). The molecule has 0 bridgehead atoms. The maximum absolute atomic E-state index is 13.3. The predicted molar refractivity (Wildman–Crippen MR) is 110 cm³/mol. The Morgan fingerprint density at radius 2 is 1.97 bits per heavy atom. The number of benzene rings is 1. The van der Waals surface area contributed by atoms with Crippen LogP contribution in [-0.4, -0.2) is 56.3 Å². The lowest BCUT2D eigenvalue weighted by atomic mass is 9.91. The van der Waals surface area contributed by atoms with Crippen LogP contribution in [0.25, 0.3) is 0 Å². The Kier molecular flexibility index (Phi) is 5.46. The van der Waals surface area contributed by atoms with Crippen LogP contribution in [0.2, 0.25) is 0 Å². The minimum atomic E-state index is -3.24. The molecule has 1 aromatic carbocycles. The second-order valence-corrected chi connectivity index (χ2v) is 10.3. The summed E-state index contributed by atoms with van der Waals surface area (Å²) in [4.78, 5) is 15.1. The molecule has 3 heterocycles. The van der Waals surface area contributed by atoms with Crippen LogP contribution in [0.4, 0.5) is 0 Å². The van der Waals surface area contributed by atoms with Gasteiger partial charge in [0.15, 0.2) is 0 Å². The quantitative estimate of drug-likeness (QED) is 0.689. The molecule has 0 N–H and O–H groups in total. The first-order chi connectivity index (χ1) is 14.2. The lowest BCUT2D eigenvalue weighted by Gasteiger charge is -2.42. The Morgan fingerprint density at radius 3 is 2.60 bits per heavy atom. The third-order valence-electron chi connectivity index (χ3n) is 6.10. The molecular weight excluding hydrogens is 406 g/mol. The van der Waals surface area contributed by atoms with Crippen molar-refractivity contribution < 1.29 is 22.8 Å². The van der Waals surface area contributed by atoms with Gasteiger partial charge in [-0.2, -0.15) is 0 Å². The van der Waals surface area contributed by atoms with Gasteiger partial charge in [-0.3, -0.25) is 4.79 Å². The van der Waals surface area contributed by atoms with Gasteiger partial charge in [-0.05, 0) is 19.9 Å². The number of sulfonamides is 1. The first-order valence-electron chi connectivity index (χ1n) is 10.1. The van der Waals surface area contributed by atoms with Crippen molar-refractivity contribution in [1.82, 2.24) is 14.4 Å². The number of carbonyl (C=O) groups excluding carboxylic acids is 1. The number of piperidine rings is 1. The SMILES string of the molecule is Cc1noc(C)c1CC(=O)N1Cc2ccccc2OC2(CCN([S+](C)(=O)[O-])CC2)C1. The van der Waals surface area contributed by atoms with E-state index in [9.17, 15) is 13.6 Å². The van der Waals surface area contributed by atoms with Crippen molar-refractivity contribution in [2.45, 2.75) is 45.3 Å². The largest absolute Gasteiger partial charge is 0.598 e. The van der Waals surface area contributed by atoms with Crippen LogP contribution < -0.4 is 4.74 Å². The molecule has 1 fully saturated rings. The number of rotatable bonds is 3. The first-order valence-corrected chi connectivity index (χ1v) is 11.9. The van der Waals surface area contributed by atoms with Crippen LogP contribution in [0.3, 0.4) is 0 Å². The zero-order valence-electron chi connectivity index (χ0n) is 17.6. The molecular formula is C21H27N3O5S. The molecule has 1 amide bonds. The number of hydrogen-bond acceptors (Lipinski definition) is 6. The minimum Gasteiger partial charge on any atom is -0.598 e. The van der Waals surface area contributed by atoms with Crippen LogP contribution in [0.5, 0.6) is 5.75 Å². The van der Waals surface area contributed by atoms with Gasteiger partial charge in [0.25, 0.3) is 0 Å². The van der Waals surface area contributed by atoms with Gasteiger partial charge in [0.1, 0.15) is 33.8 Å². The van der Waals surface area contributed by atoms with E-state index in [0.717, 1.165) is 22.6 Å². The number of carbonyl (C=O) groups is 1. The van der Waals surface area contributed by atoms with Crippen LogP contribution in [0.1, 0.15) is 35.4 Å². The van der Waals surface area contributed by atoms with Crippen LogP contribution in [-0.2, 0) is 32.4 Å². The van der Waals surface area contributed by atoms with E-state index >= 15 is 0 Å². The molecule has 30 heavy (non-hydrogen) atoms. The third-order valence-corrected chi connectivity index (χ3v) is 7.41. The second kappa shape index (κ2) is 7.79. The number of aromatic nitrogens is 1. The lowest BCUT2D eigenvalue weighted by molar-refractivity contribution is -0.134. The Labute approximate surface area is 177 Å². The monoisotopic (exact) mass is 433 g/mol. The molecule has 0 radical (unpaired) electrons. The lowest BCUT2D eigenvalue weighted by Crippen LogP contribution is -2.56. The number of fused-ring (bicyclic) bond motifs is 1. The highest BCUT2D eigenvalue weighted by molar-refractivity contribution is 7.94. The van der Waals surface area contributed by atoms with Crippen molar-refractivity contribution in [2.24, 2.45) is 0 Å². The van der Waals surface area contributed by atoms with E-state index in [4.69, 9.17) is 9.26 Å². The molecule has 1 atom stereocenters. The summed E-state index contributed by atoms with van der Waals surface area (Å²) in [6.45, 7) is 5.28. The third kappa shape index (κ3) is 4.14.